The van der Waals surface area contributed by atoms with Gasteiger partial charge in [0.05, 0.1) is 11.5 Å². The Morgan fingerprint density at radius 1 is 1.41 bits per heavy atom. The number of carboxylic acids is 1. The van der Waals surface area contributed by atoms with E-state index in [-0.39, 0.29) is 12.1 Å². The minimum atomic E-state index is -0.957. The molecule has 1 fully saturated rings. The van der Waals surface area contributed by atoms with E-state index in [0.29, 0.717) is 13.0 Å². The van der Waals surface area contributed by atoms with Crippen LogP contribution in [-0.2, 0) is 4.79 Å². The molecule has 1 saturated heterocycles. The number of amides is 2. The van der Waals surface area contributed by atoms with Crippen LogP contribution in [0.3, 0.4) is 0 Å². The number of aliphatic carboxylic acids is 1. The summed E-state index contributed by atoms with van der Waals surface area (Å²) in [4.78, 5) is 24.7. The molecule has 2 N–H and O–H groups in total. The van der Waals surface area contributed by atoms with Crippen LogP contribution in [0.25, 0.3) is 0 Å². The molecule has 0 aromatic heterocycles. The number of likely N-dealkylation sites (tertiary alicyclic amines) is 1. The molecule has 120 valence electrons. The Balaban J connectivity index is 2.02. The van der Waals surface area contributed by atoms with E-state index in [2.05, 4.69) is 5.32 Å². The molecular formula is C15H18F2N2O3. The molecule has 1 aliphatic rings. The number of rotatable bonds is 3. The molecule has 7 heteroatoms. The number of halogens is 2. The van der Waals surface area contributed by atoms with Crippen LogP contribution in [0.2, 0.25) is 0 Å². The van der Waals surface area contributed by atoms with E-state index in [0.717, 1.165) is 12.1 Å². The summed E-state index contributed by atoms with van der Waals surface area (Å²) < 4.78 is 26.6. The van der Waals surface area contributed by atoms with E-state index < -0.39 is 35.1 Å². The average molecular weight is 312 g/mol. The Bertz CT molecular complexity index is 608. The van der Waals surface area contributed by atoms with Crippen molar-refractivity contribution in [2.24, 2.45) is 5.41 Å². The monoisotopic (exact) mass is 312 g/mol. The Morgan fingerprint density at radius 3 is 2.64 bits per heavy atom. The van der Waals surface area contributed by atoms with Crippen LogP contribution in [0.15, 0.2) is 18.2 Å². The Labute approximate surface area is 126 Å². The standard InChI is InChI=1S/C15H18F2N2O3/c1-9(11-4-3-10(16)7-12(11)17)18-14(22)19-6-5-15(2,8-19)13(20)21/h3-4,7,9H,5-6,8H2,1-2H3,(H,18,22)(H,20,21)/t9-,15?/m1/s1. The first-order valence-electron chi connectivity index (χ1n) is 6.97. The van der Waals surface area contributed by atoms with Crippen molar-refractivity contribution in [1.82, 2.24) is 10.2 Å². The van der Waals surface area contributed by atoms with Crippen LogP contribution < -0.4 is 5.32 Å². The molecule has 1 aliphatic heterocycles. The summed E-state index contributed by atoms with van der Waals surface area (Å²) in [6.07, 6.45) is 0.370. The number of hydrogen-bond acceptors (Lipinski definition) is 2. The lowest BCUT2D eigenvalue weighted by atomic mass is 9.90. The highest BCUT2D eigenvalue weighted by Gasteiger charge is 2.42. The van der Waals surface area contributed by atoms with Gasteiger partial charge in [-0.3, -0.25) is 4.79 Å². The van der Waals surface area contributed by atoms with Crippen molar-refractivity contribution in [2.45, 2.75) is 26.3 Å². The topological polar surface area (TPSA) is 69.6 Å². The molecule has 0 bridgehead atoms. The van der Waals surface area contributed by atoms with Gasteiger partial charge in [-0.2, -0.15) is 0 Å². The minimum Gasteiger partial charge on any atom is -0.481 e. The summed E-state index contributed by atoms with van der Waals surface area (Å²) in [6, 6.07) is 2.06. The molecule has 1 aromatic carbocycles. The number of nitrogens with one attached hydrogen (secondary N) is 1. The Kier molecular flexibility index (Phi) is 4.35. The summed E-state index contributed by atoms with van der Waals surface area (Å²) in [5, 5.41) is 11.8. The van der Waals surface area contributed by atoms with E-state index in [4.69, 9.17) is 5.11 Å². The first-order valence-corrected chi connectivity index (χ1v) is 6.97. The van der Waals surface area contributed by atoms with Gasteiger partial charge in [0.2, 0.25) is 0 Å². The second-order valence-electron chi connectivity index (χ2n) is 5.87. The number of carbonyl (C=O) groups excluding carboxylic acids is 1. The molecule has 1 aromatic rings. The molecule has 2 amide bonds. The second-order valence-corrected chi connectivity index (χ2v) is 5.87. The van der Waals surface area contributed by atoms with E-state index in [1.165, 1.54) is 11.0 Å². The van der Waals surface area contributed by atoms with Gasteiger partial charge in [0.25, 0.3) is 0 Å². The summed E-state index contributed by atoms with van der Waals surface area (Å²) in [7, 11) is 0. The van der Waals surface area contributed by atoms with Gasteiger partial charge in [-0.1, -0.05) is 6.07 Å². The first kappa shape index (κ1) is 16.2. The van der Waals surface area contributed by atoms with Gasteiger partial charge in [-0.05, 0) is 26.3 Å². The third-order valence-corrected chi connectivity index (χ3v) is 4.05. The molecule has 22 heavy (non-hydrogen) atoms. The molecule has 1 unspecified atom stereocenters. The van der Waals surface area contributed by atoms with Gasteiger partial charge in [-0.25, -0.2) is 13.6 Å². The molecule has 0 radical (unpaired) electrons. The Hall–Kier alpha value is -2.18. The lowest BCUT2D eigenvalue weighted by Gasteiger charge is -2.23. The van der Waals surface area contributed by atoms with Gasteiger partial charge >= 0.3 is 12.0 Å². The van der Waals surface area contributed by atoms with Crippen molar-refractivity contribution in [1.29, 1.82) is 0 Å². The molecular weight excluding hydrogens is 294 g/mol. The van der Waals surface area contributed by atoms with Crippen molar-refractivity contribution < 1.29 is 23.5 Å². The van der Waals surface area contributed by atoms with Crippen molar-refractivity contribution >= 4 is 12.0 Å². The van der Waals surface area contributed by atoms with Crippen molar-refractivity contribution in [2.75, 3.05) is 13.1 Å². The van der Waals surface area contributed by atoms with Crippen molar-refractivity contribution in [3.05, 3.63) is 35.4 Å². The average Bonchev–Trinajstić information content (AvgIpc) is 2.82. The van der Waals surface area contributed by atoms with Gasteiger partial charge in [0.15, 0.2) is 0 Å². The largest absolute Gasteiger partial charge is 0.481 e. The van der Waals surface area contributed by atoms with Crippen LogP contribution in [0.1, 0.15) is 31.9 Å². The Morgan fingerprint density at radius 2 is 2.09 bits per heavy atom. The third-order valence-electron chi connectivity index (χ3n) is 4.05. The number of carboxylic acid groups (broad SMARTS) is 1. The van der Waals surface area contributed by atoms with Crippen LogP contribution >= 0.6 is 0 Å². The van der Waals surface area contributed by atoms with Crippen LogP contribution in [-0.4, -0.2) is 35.1 Å². The van der Waals surface area contributed by atoms with Crippen LogP contribution in [0.5, 0.6) is 0 Å². The highest BCUT2D eigenvalue weighted by Crippen LogP contribution is 2.30. The minimum absolute atomic E-state index is 0.104. The quantitative estimate of drug-likeness (QED) is 0.901. The second kappa shape index (κ2) is 5.90. The fraction of sp³-hybridized carbons (Fsp3) is 0.467. The van der Waals surface area contributed by atoms with E-state index >= 15 is 0 Å². The first-order chi connectivity index (χ1) is 10.2. The summed E-state index contributed by atoms with van der Waals surface area (Å²) in [5.41, 5.74) is -0.781. The van der Waals surface area contributed by atoms with E-state index in [9.17, 15) is 18.4 Å². The lowest BCUT2D eigenvalue weighted by Crippen LogP contribution is -2.41. The summed E-state index contributed by atoms with van der Waals surface area (Å²) in [6.45, 7) is 3.60. The number of urea groups is 1. The van der Waals surface area contributed by atoms with Gasteiger partial charge in [0, 0.05) is 24.7 Å². The number of nitrogens with zero attached hydrogens (tertiary/aromatic N) is 1. The molecule has 0 spiro atoms. The maximum atomic E-state index is 13.7. The van der Waals surface area contributed by atoms with Crippen LogP contribution in [0, 0.1) is 17.0 Å². The highest BCUT2D eigenvalue weighted by molar-refractivity contribution is 5.79. The molecule has 0 saturated carbocycles. The zero-order chi connectivity index (χ0) is 16.5. The molecule has 2 rings (SSSR count). The fourth-order valence-electron chi connectivity index (χ4n) is 2.52. The zero-order valence-electron chi connectivity index (χ0n) is 12.4. The summed E-state index contributed by atoms with van der Waals surface area (Å²) >= 11 is 0. The van der Waals surface area contributed by atoms with Gasteiger partial charge in [0.1, 0.15) is 11.6 Å². The van der Waals surface area contributed by atoms with Gasteiger partial charge < -0.3 is 15.3 Å². The van der Waals surface area contributed by atoms with E-state index in [1.54, 1.807) is 13.8 Å². The lowest BCUT2D eigenvalue weighted by molar-refractivity contribution is -0.147. The van der Waals surface area contributed by atoms with Crippen molar-refractivity contribution in [3.63, 3.8) is 0 Å². The zero-order valence-corrected chi connectivity index (χ0v) is 12.4. The SMILES string of the molecule is C[C@@H](NC(=O)N1CCC(C)(C(=O)O)C1)c1ccc(F)cc1F. The predicted octanol–water partition coefficient (Wildman–Crippen LogP) is 2.53. The third kappa shape index (κ3) is 3.18. The molecule has 1 heterocycles. The highest BCUT2D eigenvalue weighted by atomic mass is 19.1. The maximum absolute atomic E-state index is 13.7. The molecule has 0 aliphatic carbocycles. The smallest absolute Gasteiger partial charge is 0.317 e. The normalized spacial score (nSPS) is 22.5. The number of benzene rings is 1. The number of carbonyl (C=O) groups is 2. The van der Waals surface area contributed by atoms with E-state index in [1.807, 2.05) is 0 Å². The fourth-order valence-corrected chi connectivity index (χ4v) is 2.52. The van der Waals surface area contributed by atoms with Gasteiger partial charge in [-0.15, -0.1) is 0 Å². The molecule has 5 nitrogen and oxygen atoms in total. The van der Waals surface area contributed by atoms with Crippen molar-refractivity contribution in [3.8, 4) is 0 Å². The van der Waals surface area contributed by atoms with Crippen LogP contribution in [0.4, 0.5) is 13.6 Å². The summed E-state index contributed by atoms with van der Waals surface area (Å²) in [5.74, 6) is -2.36. The maximum Gasteiger partial charge on any atom is 0.317 e. The molecule has 2 atom stereocenters. The predicted molar refractivity (Wildman–Crippen MR) is 75.2 cm³/mol. The number of hydrogen-bond donors (Lipinski definition) is 2.